The van der Waals surface area contributed by atoms with E-state index in [0.717, 1.165) is 55.2 Å². The molecule has 3 amide bonds. The molecule has 9 nitrogen and oxygen atoms in total. The number of fused-ring (bicyclic) bond motifs is 1. The summed E-state index contributed by atoms with van der Waals surface area (Å²) >= 11 is 0. The molecule has 2 unspecified atom stereocenters. The molecule has 1 aliphatic carbocycles. The largest absolute Gasteiger partial charge is 0.489 e. The Hall–Kier alpha value is -3.33. The molecule has 0 spiro atoms. The first-order valence-corrected chi connectivity index (χ1v) is 12.9. The number of piperidine rings is 1. The number of likely N-dealkylation sites (tertiary alicyclic amines) is 1. The summed E-state index contributed by atoms with van der Waals surface area (Å²) < 4.78 is 6.53. The predicted molar refractivity (Wildman–Crippen MR) is 130 cm³/mol. The van der Waals surface area contributed by atoms with Crippen LogP contribution < -0.4 is 10.1 Å². The van der Waals surface area contributed by atoms with E-state index in [1.807, 2.05) is 37.4 Å². The number of carbonyl (C=O) groups is 3. The second-order valence-corrected chi connectivity index (χ2v) is 10.4. The summed E-state index contributed by atoms with van der Waals surface area (Å²) in [5.41, 5.74) is 2.48. The second kappa shape index (κ2) is 9.28. The molecule has 4 aliphatic rings. The van der Waals surface area contributed by atoms with Crippen LogP contribution in [0.1, 0.15) is 71.9 Å². The summed E-state index contributed by atoms with van der Waals surface area (Å²) in [6.45, 7) is 4.26. The predicted octanol–water partition coefficient (Wildman–Crippen LogP) is 2.34. The van der Waals surface area contributed by atoms with Crippen LogP contribution in [-0.2, 0) is 16.1 Å². The van der Waals surface area contributed by atoms with Gasteiger partial charge in [0.25, 0.3) is 5.91 Å². The van der Waals surface area contributed by atoms with E-state index in [0.29, 0.717) is 30.5 Å². The highest BCUT2D eigenvalue weighted by molar-refractivity contribution is 6.05. The monoisotopic (exact) mass is 489 g/mol. The maximum absolute atomic E-state index is 13.0. The summed E-state index contributed by atoms with van der Waals surface area (Å²) in [6, 6.07) is 7.31. The van der Waals surface area contributed by atoms with Crippen LogP contribution in [-0.4, -0.2) is 68.8 Å². The molecule has 4 heterocycles. The number of benzene rings is 1. The SMILES string of the molecule is Cc1ccnc(C2CN(C3CCCC[C@@H]3Oc3ccc4c(c3)CN(C3CCC(=O)NC3=O)C4=O)C2)n1. The van der Waals surface area contributed by atoms with E-state index in [-0.39, 0.29) is 24.3 Å². The first-order valence-electron chi connectivity index (χ1n) is 12.9. The van der Waals surface area contributed by atoms with E-state index in [1.54, 1.807) is 4.90 Å². The summed E-state index contributed by atoms with van der Waals surface area (Å²) in [6.07, 6.45) is 7.01. The third kappa shape index (κ3) is 4.25. The number of hydrogen-bond donors (Lipinski definition) is 1. The number of nitrogens with one attached hydrogen (secondary N) is 1. The van der Waals surface area contributed by atoms with Gasteiger partial charge in [-0.25, -0.2) is 9.97 Å². The Labute approximate surface area is 210 Å². The van der Waals surface area contributed by atoms with Crippen molar-refractivity contribution in [1.29, 1.82) is 0 Å². The standard InChI is InChI=1S/C27H31N5O4/c1-16-10-11-28-25(29-16)18-13-31(14-18)21-4-2-3-5-23(21)36-19-6-7-20-17(12-19)15-32(27(20)35)22-8-9-24(33)30-26(22)34/h6-7,10-12,18,21-23H,2-5,8-9,13-15H2,1H3,(H,30,33,34)/t21?,22?,23-/m0/s1. The molecule has 2 saturated heterocycles. The smallest absolute Gasteiger partial charge is 0.255 e. The van der Waals surface area contributed by atoms with Crippen LogP contribution in [0.2, 0.25) is 0 Å². The van der Waals surface area contributed by atoms with Gasteiger partial charge in [-0.05, 0) is 62.4 Å². The van der Waals surface area contributed by atoms with Gasteiger partial charge in [-0.1, -0.05) is 6.42 Å². The molecule has 3 aliphatic heterocycles. The molecule has 0 radical (unpaired) electrons. The molecule has 1 aromatic carbocycles. The number of aromatic nitrogens is 2. The van der Waals surface area contributed by atoms with Crippen LogP contribution in [0.25, 0.3) is 0 Å². The van der Waals surface area contributed by atoms with Gasteiger partial charge < -0.3 is 9.64 Å². The molecular formula is C27H31N5O4. The maximum atomic E-state index is 13.0. The molecule has 2 aromatic rings. The van der Waals surface area contributed by atoms with E-state index in [2.05, 4.69) is 20.2 Å². The number of aryl methyl sites for hydroxylation is 1. The van der Waals surface area contributed by atoms with Gasteiger partial charge in [0.15, 0.2) is 0 Å². The lowest BCUT2D eigenvalue weighted by Crippen LogP contribution is -2.57. The van der Waals surface area contributed by atoms with Gasteiger partial charge in [0, 0.05) is 55.5 Å². The molecule has 6 rings (SSSR count). The maximum Gasteiger partial charge on any atom is 0.255 e. The van der Waals surface area contributed by atoms with Crippen LogP contribution in [0.5, 0.6) is 5.75 Å². The molecule has 188 valence electrons. The zero-order valence-corrected chi connectivity index (χ0v) is 20.5. The van der Waals surface area contributed by atoms with Crippen molar-refractivity contribution in [2.24, 2.45) is 0 Å². The summed E-state index contributed by atoms with van der Waals surface area (Å²) in [7, 11) is 0. The number of carbonyl (C=O) groups excluding carboxylic acids is 3. The third-order valence-corrected chi connectivity index (χ3v) is 8.01. The molecule has 1 saturated carbocycles. The Bertz CT molecular complexity index is 1210. The van der Waals surface area contributed by atoms with Crippen LogP contribution in [0.4, 0.5) is 0 Å². The van der Waals surface area contributed by atoms with Gasteiger partial charge >= 0.3 is 0 Å². The number of rotatable bonds is 5. The number of nitrogens with zero attached hydrogens (tertiary/aromatic N) is 4. The number of imide groups is 1. The van der Waals surface area contributed by atoms with Gasteiger partial charge in [-0.3, -0.25) is 24.6 Å². The van der Waals surface area contributed by atoms with Gasteiger partial charge in [0.2, 0.25) is 11.8 Å². The first-order chi connectivity index (χ1) is 17.5. The average molecular weight is 490 g/mol. The molecule has 3 fully saturated rings. The van der Waals surface area contributed by atoms with E-state index in [1.165, 1.54) is 6.42 Å². The number of hydrogen-bond acceptors (Lipinski definition) is 7. The van der Waals surface area contributed by atoms with Crippen molar-refractivity contribution in [2.75, 3.05) is 13.1 Å². The molecule has 1 N–H and O–H groups in total. The third-order valence-electron chi connectivity index (χ3n) is 8.01. The molecule has 9 heteroatoms. The van der Waals surface area contributed by atoms with Crippen molar-refractivity contribution in [3.8, 4) is 5.75 Å². The topological polar surface area (TPSA) is 105 Å². The number of ether oxygens (including phenoxy) is 1. The minimum absolute atomic E-state index is 0.0968. The minimum atomic E-state index is -0.605. The number of amides is 3. The quantitative estimate of drug-likeness (QED) is 0.643. The van der Waals surface area contributed by atoms with Crippen LogP contribution in [0, 0.1) is 6.92 Å². The lowest BCUT2D eigenvalue weighted by Gasteiger charge is -2.47. The zero-order valence-electron chi connectivity index (χ0n) is 20.5. The van der Waals surface area contributed by atoms with Gasteiger partial charge in [-0.2, -0.15) is 0 Å². The van der Waals surface area contributed by atoms with E-state index in [4.69, 9.17) is 4.74 Å². The average Bonchev–Trinajstić information content (AvgIpc) is 3.15. The van der Waals surface area contributed by atoms with Crippen molar-refractivity contribution >= 4 is 17.7 Å². The van der Waals surface area contributed by atoms with Crippen LogP contribution in [0.15, 0.2) is 30.5 Å². The lowest BCUT2D eigenvalue weighted by atomic mass is 9.86. The fourth-order valence-corrected chi connectivity index (χ4v) is 6.04. The van der Waals surface area contributed by atoms with Crippen molar-refractivity contribution in [3.05, 3.63) is 53.1 Å². The zero-order chi connectivity index (χ0) is 24.8. The highest BCUT2D eigenvalue weighted by Crippen LogP contribution is 2.36. The van der Waals surface area contributed by atoms with Crippen molar-refractivity contribution in [3.63, 3.8) is 0 Å². The summed E-state index contributed by atoms with van der Waals surface area (Å²) in [4.78, 5) is 50.0. The highest BCUT2D eigenvalue weighted by Gasteiger charge is 2.41. The van der Waals surface area contributed by atoms with Gasteiger partial charge in [0.05, 0.1) is 0 Å². The first kappa shape index (κ1) is 23.1. The van der Waals surface area contributed by atoms with Gasteiger partial charge in [0.1, 0.15) is 23.7 Å². The molecule has 3 atom stereocenters. The van der Waals surface area contributed by atoms with Crippen LogP contribution >= 0.6 is 0 Å². The Morgan fingerprint density at radius 1 is 1.06 bits per heavy atom. The fourth-order valence-electron chi connectivity index (χ4n) is 6.04. The van der Waals surface area contributed by atoms with Crippen molar-refractivity contribution in [1.82, 2.24) is 25.1 Å². The summed E-state index contributed by atoms with van der Waals surface area (Å²) in [5, 5.41) is 2.35. The highest BCUT2D eigenvalue weighted by atomic mass is 16.5. The Kier molecular flexibility index (Phi) is 5.95. The normalized spacial score (nSPS) is 27.0. The molecular weight excluding hydrogens is 458 g/mol. The van der Waals surface area contributed by atoms with E-state index in [9.17, 15) is 14.4 Å². The van der Waals surface area contributed by atoms with E-state index >= 15 is 0 Å². The lowest BCUT2D eigenvalue weighted by molar-refractivity contribution is -0.136. The van der Waals surface area contributed by atoms with E-state index < -0.39 is 11.9 Å². The minimum Gasteiger partial charge on any atom is -0.489 e. The summed E-state index contributed by atoms with van der Waals surface area (Å²) in [5.74, 6) is 1.24. The molecule has 1 aromatic heterocycles. The fraction of sp³-hybridized carbons (Fsp3) is 0.519. The second-order valence-electron chi connectivity index (χ2n) is 10.4. The Morgan fingerprint density at radius 3 is 2.69 bits per heavy atom. The van der Waals surface area contributed by atoms with Crippen molar-refractivity contribution in [2.45, 2.75) is 76.1 Å². The van der Waals surface area contributed by atoms with Gasteiger partial charge in [-0.15, -0.1) is 0 Å². The van der Waals surface area contributed by atoms with Crippen molar-refractivity contribution < 1.29 is 19.1 Å². The Balaban J connectivity index is 1.12. The molecule has 0 bridgehead atoms. The van der Waals surface area contributed by atoms with Crippen LogP contribution in [0.3, 0.4) is 0 Å². The molecule has 36 heavy (non-hydrogen) atoms. The Morgan fingerprint density at radius 2 is 1.89 bits per heavy atom.